The van der Waals surface area contributed by atoms with Crippen LogP contribution in [0.15, 0.2) is 5.38 Å². The van der Waals surface area contributed by atoms with E-state index in [9.17, 15) is 9.90 Å². The molecular weight excluding hydrogens is 188 g/mol. The Morgan fingerprint density at radius 3 is 2.85 bits per heavy atom. The van der Waals surface area contributed by atoms with Crippen molar-refractivity contribution in [3.63, 3.8) is 0 Å². The zero-order valence-corrected chi connectivity index (χ0v) is 8.48. The minimum atomic E-state index is -0.285. The minimum absolute atomic E-state index is 0.285. The van der Waals surface area contributed by atoms with E-state index >= 15 is 0 Å². The van der Waals surface area contributed by atoms with Crippen molar-refractivity contribution in [3.8, 4) is 5.75 Å². The van der Waals surface area contributed by atoms with Gasteiger partial charge in [-0.15, -0.1) is 11.3 Å². The van der Waals surface area contributed by atoms with Crippen molar-refractivity contribution in [2.75, 3.05) is 6.61 Å². The maximum atomic E-state index is 10.5. The third-order valence-electron chi connectivity index (χ3n) is 1.74. The Balaban J connectivity index is 2.49. The summed E-state index contributed by atoms with van der Waals surface area (Å²) in [6, 6.07) is 0. The molecule has 0 atom stereocenters. The third-order valence-corrected chi connectivity index (χ3v) is 2.68. The highest BCUT2D eigenvalue weighted by Gasteiger charge is 2.07. The lowest BCUT2D eigenvalue weighted by Gasteiger charge is -2.01. The van der Waals surface area contributed by atoms with Gasteiger partial charge < -0.3 is 9.84 Å². The molecule has 0 aliphatic heterocycles. The van der Waals surface area contributed by atoms with Crippen LogP contribution in [-0.4, -0.2) is 17.7 Å². The maximum Gasteiger partial charge on any atom is 0.302 e. The fourth-order valence-electron chi connectivity index (χ4n) is 1.07. The second-order valence-corrected chi connectivity index (χ2v) is 3.83. The van der Waals surface area contributed by atoms with Gasteiger partial charge in [-0.05, 0) is 6.92 Å². The number of rotatable bonds is 3. The highest BCUT2D eigenvalue weighted by atomic mass is 32.1. The third kappa shape index (κ3) is 2.73. The Morgan fingerprint density at radius 2 is 2.38 bits per heavy atom. The number of carbonyl (C=O) groups excluding carboxylic acids is 1. The van der Waals surface area contributed by atoms with Gasteiger partial charge in [0.2, 0.25) is 0 Å². The van der Waals surface area contributed by atoms with E-state index in [4.69, 9.17) is 4.74 Å². The molecule has 72 valence electrons. The number of ether oxygens (including phenoxy) is 1. The van der Waals surface area contributed by atoms with Crippen LogP contribution in [0.3, 0.4) is 0 Å². The zero-order valence-electron chi connectivity index (χ0n) is 7.66. The molecule has 0 aliphatic carbocycles. The minimum Gasteiger partial charge on any atom is -0.507 e. The molecule has 4 heteroatoms. The molecule has 0 fully saturated rings. The normalized spacial score (nSPS) is 10.0. The largest absolute Gasteiger partial charge is 0.507 e. The number of thiophene rings is 1. The molecule has 0 saturated heterocycles. The SMILES string of the molecule is CC(=O)OCCc1c(O)csc1C. The van der Waals surface area contributed by atoms with Crippen LogP contribution in [0.5, 0.6) is 5.75 Å². The molecule has 0 spiro atoms. The predicted molar refractivity (Wildman–Crippen MR) is 51.1 cm³/mol. The summed E-state index contributed by atoms with van der Waals surface area (Å²) >= 11 is 1.50. The van der Waals surface area contributed by atoms with Crippen LogP contribution < -0.4 is 0 Å². The summed E-state index contributed by atoms with van der Waals surface area (Å²) in [6.45, 7) is 3.65. The number of aryl methyl sites for hydroxylation is 1. The number of hydrogen-bond donors (Lipinski definition) is 1. The maximum absolute atomic E-state index is 10.5. The average Bonchev–Trinajstić information content (AvgIpc) is 2.34. The van der Waals surface area contributed by atoms with Gasteiger partial charge in [0.15, 0.2) is 0 Å². The quantitative estimate of drug-likeness (QED) is 0.758. The van der Waals surface area contributed by atoms with E-state index in [1.807, 2.05) is 6.92 Å². The monoisotopic (exact) mass is 200 g/mol. The Morgan fingerprint density at radius 1 is 1.69 bits per heavy atom. The summed E-state index contributed by atoms with van der Waals surface area (Å²) < 4.78 is 4.78. The molecular formula is C9H12O3S. The molecule has 1 heterocycles. The van der Waals surface area contributed by atoms with Gasteiger partial charge in [0.05, 0.1) is 6.61 Å². The van der Waals surface area contributed by atoms with Gasteiger partial charge in [-0.2, -0.15) is 0 Å². The van der Waals surface area contributed by atoms with E-state index in [-0.39, 0.29) is 5.97 Å². The highest BCUT2D eigenvalue weighted by molar-refractivity contribution is 7.10. The molecule has 1 rings (SSSR count). The molecule has 0 aromatic carbocycles. The second kappa shape index (κ2) is 4.28. The predicted octanol–water partition coefficient (Wildman–Crippen LogP) is 1.87. The summed E-state index contributed by atoms with van der Waals surface area (Å²) in [5.41, 5.74) is 0.881. The van der Waals surface area contributed by atoms with Crippen LogP contribution >= 0.6 is 11.3 Å². The van der Waals surface area contributed by atoms with Crippen molar-refractivity contribution < 1.29 is 14.6 Å². The Hall–Kier alpha value is -1.03. The molecule has 0 aliphatic rings. The van der Waals surface area contributed by atoms with E-state index in [0.29, 0.717) is 18.8 Å². The van der Waals surface area contributed by atoms with E-state index < -0.39 is 0 Å². The lowest BCUT2D eigenvalue weighted by atomic mass is 10.2. The van der Waals surface area contributed by atoms with Crippen molar-refractivity contribution in [3.05, 3.63) is 15.8 Å². The van der Waals surface area contributed by atoms with Crippen LogP contribution in [0.25, 0.3) is 0 Å². The lowest BCUT2D eigenvalue weighted by molar-refractivity contribution is -0.140. The topological polar surface area (TPSA) is 46.5 Å². The number of hydrogen-bond acceptors (Lipinski definition) is 4. The molecule has 0 unspecified atom stereocenters. The van der Waals surface area contributed by atoms with Gasteiger partial charge in [0.25, 0.3) is 0 Å². The van der Waals surface area contributed by atoms with Gasteiger partial charge in [-0.25, -0.2) is 0 Å². The van der Waals surface area contributed by atoms with Gasteiger partial charge in [-0.1, -0.05) is 0 Å². The molecule has 3 nitrogen and oxygen atoms in total. The molecule has 1 aromatic rings. The van der Waals surface area contributed by atoms with Crippen molar-refractivity contribution in [1.29, 1.82) is 0 Å². The summed E-state index contributed by atoms with van der Waals surface area (Å²) in [5.74, 6) is 0.0158. The Bertz CT molecular complexity index is 284. The first-order valence-electron chi connectivity index (χ1n) is 4.00. The number of esters is 1. The van der Waals surface area contributed by atoms with Crippen molar-refractivity contribution in [2.24, 2.45) is 0 Å². The van der Waals surface area contributed by atoms with Gasteiger partial charge in [-0.3, -0.25) is 4.79 Å². The van der Waals surface area contributed by atoms with E-state index in [1.54, 1.807) is 5.38 Å². The van der Waals surface area contributed by atoms with Gasteiger partial charge >= 0.3 is 5.97 Å². The summed E-state index contributed by atoms with van der Waals surface area (Å²) in [7, 11) is 0. The van der Waals surface area contributed by atoms with Crippen LogP contribution in [0, 0.1) is 6.92 Å². The standard InChI is InChI=1S/C9H12O3S/c1-6-8(9(11)5-13-6)3-4-12-7(2)10/h5,11H,3-4H2,1-2H3. The highest BCUT2D eigenvalue weighted by Crippen LogP contribution is 2.27. The van der Waals surface area contributed by atoms with E-state index in [1.165, 1.54) is 18.3 Å². The van der Waals surface area contributed by atoms with Gasteiger partial charge in [0, 0.05) is 29.2 Å². The van der Waals surface area contributed by atoms with E-state index in [2.05, 4.69) is 0 Å². The average molecular weight is 200 g/mol. The van der Waals surface area contributed by atoms with Crippen LogP contribution in [0.2, 0.25) is 0 Å². The first-order chi connectivity index (χ1) is 6.11. The first kappa shape index (κ1) is 10.1. The van der Waals surface area contributed by atoms with Crippen molar-refractivity contribution in [2.45, 2.75) is 20.3 Å². The molecule has 1 N–H and O–H groups in total. The molecule has 0 radical (unpaired) electrons. The first-order valence-corrected chi connectivity index (χ1v) is 4.88. The zero-order chi connectivity index (χ0) is 9.84. The summed E-state index contributed by atoms with van der Waals surface area (Å²) in [5, 5.41) is 11.1. The van der Waals surface area contributed by atoms with Crippen LogP contribution in [0.4, 0.5) is 0 Å². The lowest BCUT2D eigenvalue weighted by Crippen LogP contribution is -2.03. The van der Waals surface area contributed by atoms with Crippen LogP contribution in [0.1, 0.15) is 17.4 Å². The summed E-state index contributed by atoms with van der Waals surface area (Å²) in [6.07, 6.45) is 0.584. The van der Waals surface area contributed by atoms with Crippen molar-refractivity contribution >= 4 is 17.3 Å². The fraction of sp³-hybridized carbons (Fsp3) is 0.444. The molecule has 0 bridgehead atoms. The molecule has 13 heavy (non-hydrogen) atoms. The summed E-state index contributed by atoms with van der Waals surface area (Å²) in [4.78, 5) is 11.5. The fourth-order valence-corrected chi connectivity index (χ4v) is 1.85. The second-order valence-electron chi connectivity index (χ2n) is 2.75. The smallest absolute Gasteiger partial charge is 0.302 e. The van der Waals surface area contributed by atoms with Gasteiger partial charge in [0.1, 0.15) is 5.75 Å². The molecule has 0 amide bonds. The number of aromatic hydroxyl groups is 1. The molecule has 1 aromatic heterocycles. The van der Waals surface area contributed by atoms with Crippen molar-refractivity contribution in [1.82, 2.24) is 0 Å². The Labute approximate surface area is 81.0 Å². The molecule has 0 saturated carbocycles. The van der Waals surface area contributed by atoms with E-state index in [0.717, 1.165) is 10.4 Å². The Kier molecular flexibility index (Phi) is 3.31. The number of carbonyl (C=O) groups is 1. The van der Waals surface area contributed by atoms with Crippen LogP contribution in [-0.2, 0) is 16.0 Å².